The van der Waals surface area contributed by atoms with Gasteiger partial charge in [0.1, 0.15) is 18.1 Å². The van der Waals surface area contributed by atoms with Crippen LogP contribution in [0.4, 0.5) is 0 Å². The molecule has 0 bridgehead atoms. The second-order valence-electron chi connectivity index (χ2n) is 10.9. The largest absolute Gasteiger partial charge is 0.493 e. The number of ether oxygens (including phenoxy) is 2. The average molecular weight is 477 g/mol. The molecule has 0 amide bonds. The Kier molecular flexibility index (Phi) is 9.32. The highest BCUT2D eigenvalue weighted by Gasteiger charge is 2.33. The Morgan fingerprint density at radius 2 is 1.70 bits per heavy atom. The predicted molar refractivity (Wildman–Crippen MR) is 138 cm³/mol. The summed E-state index contributed by atoms with van der Waals surface area (Å²) in [6.07, 6.45) is 16.1. The third kappa shape index (κ3) is 7.50. The Hall–Kier alpha value is -1.49. The lowest BCUT2D eigenvalue weighted by Crippen LogP contribution is -2.34. The van der Waals surface area contributed by atoms with Gasteiger partial charge in [-0.05, 0) is 95.1 Å². The molecular weight excluding hydrogens is 432 g/mol. The minimum Gasteiger partial charge on any atom is -0.493 e. The quantitative estimate of drug-likeness (QED) is 0.323. The molecule has 1 aliphatic heterocycles. The molecule has 33 heavy (non-hydrogen) atoms. The van der Waals surface area contributed by atoms with E-state index in [0.717, 1.165) is 42.2 Å². The Balaban J connectivity index is 1.33. The maximum absolute atomic E-state index is 12.5. The van der Waals surface area contributed by atoms with E-state index in [9.17, 15) is 8.42 Å². The number of benzene rings is 1. The molecule has 1 fully saturated rings. The number of sulfone groups is 1. The smallest absolute Gasteiger partial charge is 0.155 e. The second kappa shape index (κ2) is 11.8. The normalized spacial score (nSPS) is 20.8. The highest BCUT2D eigenvalue weighted by Crippen LogP contribution is 2.36. The van der Waals surface area contributed by atoms with Crippen LogP contribution < -0.4 is 9.47 Å². The van der Waals surface area contributed by atoms with Gasteiger partial charge in [0.15, 0.2) is 9.84 Å². The monoisotopic (exact) mass is 476 g/mol. The van der Waals surface area contributed by atoms with Crippen molar-refractivity contribution in [1.29, 1.82) is 0 Å². The highest BCUT2D eigenvalue weighted by molar-refractivity contribution is 7.92. The number of hydrogen-bond donors (Lipinski definition) is 0. The van der Waals surface area contributed by atoms with Crippen molar-refractivity contribution in [2.24, 2.45) is 11.8 Å². The van der Waals surface area contributed by atoms with Crippen molar-refractivity contribution >= 4 is 15.9 Å². The fraction of sp³-hybridized carbons (Fsp3) is 0.714. The van der Waals surface area contributed by atoms with Crippen LogP contribution >= 0.6 is 0 Å². The summed E-state index contributed by atoms with van der Waals surface area (Å²) in [5, 5.41) is 0. The number of fused-ring (bicyclic) bond motifs is 1. The van der Waals surface area contributed by atoms with Crippen LogP contribution in [0, 0.1) is 11.8 Å². The average Bonchev–Trinajstić information content (AvgIpc) is 2.76. The summed E-state index contributed by atoms with van der Waals surface area (Å²) < 4.78 is 36.0. The van der Waals surface area contributed by atoms with Crippen LogP contribution in [-0.4, -0.2) is 32.1 Å². The first-order valence-corrected chi connectivity index (χ1v) is 14.7. The molecular formula is C28H44O4S. The van der Waals surface area contributed by atoms with Crippen molar-refractivity contribution in [3.05, 3.63) is 29.3 Å². The first-order chi connectivity index (χ1) is 15.7. The van der Waals surface area contributed by atoms with E-state index in [2.05, 4.69) is 18.2 Å². The van der Waals surface area contributed by atoms with Gasteiger partial charge in [-0.2, -0.15) is 0 Å². The first-order valence-electron chi connectivity index (χ1n) is 13.0. The molecule has 4 nitrogen and oxygen atoms in total. The van der Waals surface area contributed by atoms with E-state index in [1.165, 1.54) is 50.5 Å². The standard InChI is InChI=1S/C28H44O4S/c1-5-31-26-19-24(20-27-25(26)13-10-18-32-27)12-9-7-6-8-11-22-14-16-23(17-15-22)21-33(29,30)28(2,3)4/h10,13,19-20,22-23H,5-9,11-12,14-18,21H2,1-4H3. The second-order valence-corrected chi connectivity index (χ2v) is 13.7. The van der Waals surface area contributed by atoms with Crippen LogP contribution in [0.3, 0.4) is 0 Å². The molecule has 0 saturated heterocycles. The number of aryl methyl sites for hydroxylation is 1. The van der Waals surface area contributed by atoms with Gasteiger partial charge in [0.05, 0.1) is 22.7 Å². The van der Waals surface area contributed by atoms with Crippen LogP contribution in [0.1, 0.15) is 96.6 Å². The molecule has 2 aliphatic rings. The zero-order chi connectivity index (χ0) is 23.9. The third-order valence-electron chi connectivity index (χ3n) is 7.27. The van der Waals surface area contributed by atoms with Crippen molar-refractivity contribution in [2.75, 3.05) is 19.0 Å². The topological polar surface area (TPSA) is 52.6 Å². The first kappa shape index (κ1) is 26.1. The Morgan fingerprint density at radius 1 is 1.00 bits per heavy atom. The maximum Gasteiger partial charge on any atom is 0.155 e. The Labute approximate surface area is 202 Å². The fourth-order valence-electron chi connectivity index (χ4n) is 5.02. The summed E-state index contributed by atoms with van der Waals surface area (Å²) in [6.45, 7) is 8.79. The SMILES string of the molecule is CCOc1cc(CCCCCCC2CCC(CS(=O)(=O)C(C)(C)C)CC2)cc2c1C=CCO2. The van der Waals surface area contributed by atoms with Crippen LogP contribution in [-0.2, 0) is 16.3 Å². The van der Waals surface area contributed by atoms with E-state index in [1.807, 2.05) is 33.8 Å². The predicted octanol–water partition coefficient (Wildman–Crippen LogP) is 7.00. The molecule has 0 aromatic heterocycles. The van der Waals surface area contributed by atoms with E-state index in [1.54, 1.807) is 0 Å². The van der Waals surface area contributed by atoms with Crippen molar-refractivity contribution in [3.8, 4) is 11.5 Å². The molecule has 3 rings (SSSR count). The van der Waals surface area contributed by atoms with Crippen LogP contribution in [0.15, 0.2) is 18.2 Å². The minimum absolute atomic E-state index is 0.364. The van der Waals surface area contributed by atoms with Gasteiger partial charge in [0.25, 0.3) is 0 Å². The van der Waals surface area contributed by atoms with Gasteiger partial charge in [-0.25, -0.2) is 8.42 Å². The molecule has 1 aliphatic carbocycles. The van der Waals surface area contributed by atoms with E-state index >= 15 is 0 Å². The summed E-state index contributed by atoms with van der Waals surface area (Å²) in [5.74, 6) is 3.41. The van der Waals surface area contributed by atoms with E-state index in [0.29, 0.717) is 24.9 Å². The Bertz CT molecular complexity index is 887. The summed E-state index contributed by atoms with van der Waals surface area (Å²) in [5.41, 5.74) is 2.37. The van der Waals surface area contributed by atoms with Gasteiger partial charge in [-0.15, -0.1) is 0 Å². The van der Waals surface area contributed by atoms with Gasteiger partial charge in [-0.1, -0.05) is 38.5 Å². The van der Waals surface area contributed by atoms with Crippen LogP contribution in [0.5, 0.6) is 11.5 Å². The third-order valence-corrected chi connectivity index (χ3v) is 10.0. The van der Waals surface area contributed by atoms with E-state index < -0.39 is 14.6 Å². The highest BCUT2D eigenvalue weighted by atomic mass is 32.2. The fourth-order valence-corrected chi connectivity index (χ4v) is 6.48. The lowest BCUT2D eigenvalue weighted by molar-refractivity contribution is 0.272. The molecule has 1 aromatic rings. The van der Waals surface area contributed by atoms with Crippen molar-refractivity contribution in [1.82, 2.24) is 0 Å². The molecule has 0 unspecified atom stereocenters. The molecule has 0 radical (unpaired) electrons. The molecule has 1 saturated carbocycles. The molecule has 1 heterocycles. The molecule has 0 atom stereocenters. The van der Waals surface area contributed by atoms with Crippen LogP contribution in [0.2, 0.25) is 0 Å². The molecule has 0 spiro atoms. The summed E-state index contributed by atoms with van der Waals surface area (Å²) >= 11 is 0. The molecule has 0 N–H and O–H groups in total. The number of rotatable bonds is 11. The summed E-state index contributed by atoms with van der Waals surface area (Å²) in [7, 11) is -3.00. The molecule has 1 aromatic carbocycles. The molecule has 186 valence electrons. The summed E-state index contributed by atoms with van der Waals surface area (Å²) in [4.78, 5) is 0. The van der Waals surface area contributed by atoms with E-state index in [-0.39, 0.29) is 0 Å². The van der Waals surface area contributed by atoms with Gasteiger partial charge >= 0.3 is 0 Å². The van der Waals surface area contributed by atoms with Gasteiger partial charge < -0.3 is 9.47 Å². The van der Waals surface area contributed by atoms with E-state index in [4.69, 9.17) is 9.47 Å². The minimum atomic E-state index is -3.00. The van der Waals surface area contributed by atoms with Crippen molar-refractivity contribution in [3.63, 3.8) is 0 Å². The zero-order valence-corrected chi connectivity index (χ0v) is 22.0. The number of hydrogen-bond acceptors (Lipinski definition) is 4. The van der Waals surface area contributed by atoms with Crippen LogP contribution in [0.25, 0.3) is 6.08 Å². The van der Waals surface area contributed by atoms with Crippen molar-refractivity contribution in [2.45, 2.75) is 96.7 Å². The lowest BCUT2D eigenvalue weighted by atomic mass is 9.80. The maximum atomic E-state index is 12.5. The van der Waals surface area contributed by atoms with Gasteiger partial charge in [0.2, 0.25) is 0 Å². The Morgan fingerprint density at radius 3 is 2.39 bits per heavy atom. The van der Waals surface area contributed by atoms with Gasteiger partial charge in [-0.3, -0.25) is 0 Å². The lowest BCUT2D eigenvalue weighted by Gasteiger charge is -2.30. The number of unbranched alkanes of at least 4 members (excludes halogenated alkanes) is 3. The van der Waals surface area contributed by atoms with Gasteiger partial charge in [0, 0.05) is 0 Å². The van der Waals surface area contributed by atoms with Crippen molar-refractivity contribution < 1.29 is 17.9 Å². The molecule has 5 heteroatoms. The summed E-state index contributed by atoms with van der Waals surface area (Å²) in [6, 6.07) is 4.36. The zero-order valence-electron chi connectivity index (χ0n) is 21.2.